The Hall–Kier alpha value is -0.170. The molecule has 1 fully saturated rings. The van der Waals surface area contributed by atoms with E-state index in [-0.39, 0.29) is 12.1 Å². The molecule has 6 heteroatoms. The Morgan fingerprint density at radius 1 is 1.38 bits per heavy atom. The van der Waals surface area contributed by atoms with E-state index in [9.17, 15) is 8.42 Å². The highest BCUT2D eigenvalue weighted by Gasteiger charge is 2.39. The molecule has 0 spiro atoms. The zero-order valence-electron chi connectivity index (χ0n) is 10.4. The van der Waals surface area contributed by atoms with Gasteiger partial charge < -0.3 is 5.73 Å². The van der Waals surface area contributed by atoms with Gasteiger partial charge in [0.2, 0.25) is 0 Å². The van der Waals surface area contributed by atoms with Crippen molar-refractivity contribution in [3.63, 3.8) is 0 Å². The quantitative estimate of drug-likeness (QED) is 0.709. The molecular weight excluding hydrogens is 226 g/mol. The molecule has 2 N–H and O–H groups in total. The van der Waals surface area contributed by atoms with Crippen LogP contribution in [0.2, 0.25) is 0 Å². The van der Waals surface area contributed by atoms with Crippen LogP contribution in [0.15, 0.2) is 0 Å². The Balaban J connectivity index is 2.75. The largest absolute Gasteiger partial charge is 0.330 e. The molecule has 0 aliphatic heterocycles. The van der Waals surface area contributed by atoms with Crippen molar-refractivity contribution in [3.8, 4) is 0 Å². The normalized spacial score (nSPS) is 17.7. The van der Waals surface area contributed by atoms with E-state index in [1.165, 1.54) is 4.31 Å². The van der Waals surface area contributed by atoms with Gasteiger partial charge in [-0.25, -0.2) is 0 Å². The summed E-state index contributed by atoms with van der Waals surface area (Å²) in [5.74, 6) is 0. The standard InChI is InChI=1S/C10H23N3O2S/c1-9(2)12(3)16(14,15)13(8-4-7-11)10-5-6-10/h9-10H,4-8,11H2,1-3H3. The third-order valence-electron chi connectivity index (χ3n) is 2.92. The average Bonchev–Trinajstić information content (AvgIpc) is 3.00. The maximum Gasteiger partial charge on any atom is 0.282 e. The zero-order valence-corrected chi connectivity index (χ0v) is 11.2. The van der Waals surface area contributed by atoms with Crippen LogP contribution in [0.25, 0.3) is 0 Å². The minimum Gasteiger partial charge on any atom is -0.330 e. The van der Waals surface area contributed by atoms with Crippen molar-refractivity contribution in [2.45, 2.75) is 45.2 Å². The lowest BCUT2D eigenvalue weighted by molar-refractivity contribution is 0.327. The summed E-state index contributed by atoms with van der Waals surface area (Å²) in [6, 6.07) is 0.196. The lowest BCUT2D eigenvalue weighted by Crippen LogP contribution is -2.46. The van der Waals surface area contributed by atoms with Crippen LogP contribution in [0, 0.1) is 0 Å². The predicted octanol–water partition coefficient (Wildman–Crippen LogP) is 0.385. The maximum absolute atomic E-state index is 12.3. The van der Waals surface area contributed by atoms with Crippen molar-refractivity contribution in [2.75, 3.05) is 20.1 Å². The molecule has 0 amide bonds. The summed E-state index contributed by atoms with van der Waals surface area (Å²) in [5, 5.41) is 0. The van der Waals surface area contributed by atoms with E-state index >= 15 is 0 Å². The summed E-state index contributed by atoms with van der Waals surface area (Å²) >= 11 is 0. The monoisotopic (exact) mass is 249 g/mol. The second-order valence-corrected chi connectivity index (χ2v) is 6.54. The van der Waals surface area contributed by atoms with Gasteiger partial charge in [0.1, 0.15) is 0 Å². The van der Waals surface area contributed by atoms with Crippen LogP contribution in [0.4, 0.5) is 0 Å². The smallest absolute Gasteiger partial charge is 0.282 e. The van der Waals surface area contributed by atoms with E-state index in [4.69, 9.17) is 5.73 Å². The molecule has 0 aromatic rings. The minimum absolute atomic E-state index is 0.0101. The Kier molecular flexibility index (Phi) is 4.73. The molecule has 96 valence electrons. The van der Waals surface area contributed by atoms with Gasteiger partial charge in [-0.15, -0.1) is 0 Å². The molecule has 0 atom stereocenters. The molecule has 0 heterocycles. The highest BCUT2D eigenvalue weighted by atomic mass is 32.2. The highest BCUT2D eigenvalue weighted by molar-refractivity contribution is 7.86. The fourth-order valence-corrected chi connectivity index (χ4v) is 3.34. The molecule has 5 nitrogen and oxygen atoms in total. The van der Waals surface area contributed by atoms with Gasteiger partial charge in [0, 0.05) is 25.7 Å². The maximum atomic E-state index is 12.3. The Morgan fingerprint density at radius 2 is 1.94 bits per heavy atom. The number of nitrogens with zero attached hydrogens (tertiary/aromatic N) is 2. The molecule has 1 saturated carbocycles. The Bertz CT molecular complexity index is 312. The third kappa shape index (κ3) is 3.16. The number of hydrogen-bond acceptors (Lipinski definition) is 3. The van der Waals surface area contributed by atoms with E-state index in [0.717, 1.165) is 19.3 Å². The minimum atomic E-state index is -3.30. The van der Waals surface area contributed by atoms with Gasteiger partial charge in [-0.1, -0.05) is 0 Å². The Labute approximate surface area is 98.8 Å². The number of nitrogens with two attached hydrogens (primary N) is 1. The fraction of sp³-hybridized carbons (Fsp3) is 1.00. The molecule has 0 bridgehead atoms. The number of hydrogen-bond donors (Lipinski definition) is 1. The van der Waals surface area contributed by atoms with Crippen LogP contribution in [0.1, 0.15) is 33.1 Å². The second kappa shape index (κ2) is 5.44. The van der Waals surface area contributed by atoms with Crippen LogP contribution in [-0.2, 0) is 10.2 Å². The van der Waals surface area contributed by atoms with Crippen LogP contribution in [-0.4, -0.2) is 49.2 Å². The highest BCUT2D eigenvalue weighted by Crippen LogP contribution is 2.30. The zero-order chi connectivity index (χ0) is 12.3. The molecule has 0 unspecified atom stereocenters. The van der Waals surface area contributed by atoms with Gasteiger partial charge in [-0.3, -0.25) is 0 Å². The number of rotatable bonds is 7. The molecule has 0 aromatic heterocycles. The first-order chi connectivity index (χ1) is 7.41. The van der Waals surface area contributed by atoms with E-state index in [1.807, 2.05) is 13.8 Å². The summed E-state index contributed by atoms with van der Waals surface area (Å²) < 4.78 is 27.6. The molecule has 1 aliphatic carbocycles. The van der Waals surface area contributed by atoms with Crippen molar-refractivity contribution in [3.05, 3.63) is 0 Å². The molecular formula is C10H23N3O2S. The van der Waals surface area contributed by atoms with E-state index < -0.39 is 10.2 Å². The van der Waals surface area contributed by atoms with Crippen LogP contribution in [0.5, 0.6) is 0 Å². The summed E-state index contributed by atoms with van der Waals surface area (Å²) in [4.78, 5) is 0. The van der Waals surface area contributed by atoms with Crippen molar-refractivity contribution >= 4 is 10.2 Å². The van der Waals surface area contributed by atoms with Gasteiger partial charge in [0.25, 0.3) is 10.2 Å². The lowest BCUT2D eigenvalue weighted by Gasteiger charge is -2.29. The van der Waals surface area contributed by atoms with Crippen molar-refractivity contribution in [2.24, 2.45) is 5.73 Å². The van der Waals surface area contributed by atoms with Gasteiger partial charge >= 0.3 is 0 Å². The van der Waals surface area contributed by atoms with Crippen LogP contribution in [0.3, 0.4) is 0 Å². The van der Waals surface area contributed by atoms with E-state index in [1.54, 1.807) is 11.4 Å². The topological polar surface area (TPSA) is 66.6 Å². The van der Waals surface area contributed by atoms with Crippen molar-refractivity contribution < 1.29 is 8.42 Å². The van der Waals surface area contributed by atoms with Crippen molar-refractivity contribution in [1.29, 1.82) is 0 Å². The lowest BCUT2D eigenvalue weighted by atomic mass is 10.4. The summed E-state index contributed by atoms with van der Waals surface area (Å²) in [5.41, 5.74) is 5.44. The van der Waals surface area contributed by atoms with E-state index in [0.29, 0.717) is 13.1 Å². The molecule has 1 rings (SSSR count). The van der Waals surface area contributed by atoms with Gasteiger partial charge in [-0.05, 0) is 39.7 Å². The first-order valence-corrected chi connectivity index (χ1v) is 7.25. The Morgan fingerprint density at radius 3 is 2.31 bits per heavy atom. The molecule has 0 radical (unpaired) electrons. The summed E-state index contributed by atoms with van der Waals surface area (Å²) in [6.45, 7) is 4.84. The van der Waals surface area contributed by atoms with Crippen LogP contribution < -0.4 is 5.73 Å². The first kappa shape index (κ1) is 13.9. The average molecular weight is 249 g/mol. The summed E-state index contributed by atoms with van der Waals surface area (Å²) in [7, 11) is -1.66. The van der Waals surface area contributed by atoms with Crippen LogP contribution >= 0.6 is 0 Å². The van der Waals surface area contributed by atoms with Gasteiger partial charge in [0.05, 0.1) is 0 Å². The molecule has 0 saturated heterocycles. The molecule has 0 aromatic carbocycles. The third-order valence-corrected chi connectivity index (χ3v) is 5.15. The predicted molar refractivity (Wildman–Crippen MR) is 65.2 cm³/mol. The van der Waals surface area contributed by atoms with Gasteiger partial charge in [-0.2, -0.15) is 17.0 Å². The fourth-order valence-electron chi connectivity index (χ4n) is 1.53. The SMILES string of the molecule is CC(C)N(C)S(=O)(=O)N(CCCN)C1CC1. The van der Waals surface area contributed by atoms with Crippen molar-refractivity contribution in [1.82, 2.24) is 8.61 Å². The molecule has 1 aliphatic rings. The first-order valence-electron chi connectivity index (χ1n) is 5.86. The molecule has 16 heavy (non-hydrogen) atoms. The second-order valence-electron chi connectivity index (χ2n) is 4.60. The summed E-state index contributed by atoms with van der Waals surface area (Å²) in [6.07, 6.45) is 2.69. The van der Waals surface area contributed by atoms with Gasteiger partial charge in [0.15, 0.2) is 0 Å². The van der Waals surface area contributed by atoms with E-state index in [2.05, 4.69) is 0 Å².